The summed E-state index contributed by atoms with van der Waals surface area (Å²) < 4.78 is 28.0. The van der Waals surface area contributed by atoms with Crippen molar-refractivity contribution in [2.45, 2.75) is 5.16 Å². The van der Waals surface area contributed by atoms with Crippen LogP contribution < -0.4 is 4.73 Å². The fourth-order valence-electron chi connectivity index (χ4n) is 3.71. The Kier molecular flexibility index (Phi) is 5.63. The van der Waals surface area contributed by atoms with Crippen molar-refractivity contribution in [2.75, 3.05) is 26.2 Å². The van der Waals surface area contributed by atoms with Gasteiger partial charge in [0.2, 0.25) is 10.9 Å². The van der Waals surface area contributed by atoms with Gasteiger partial charge in [0.25, 0.3) is 15.9 Å². The summed E-state index contributed by atoms with van der Waals surface area (Å²) in [7, 11) is -3.87. The molecule has 0 unspecified atom stereocenters. The number of sulfonamides is 1. The first-order chi connectivity index (χ1) is 16.3. The Morgan fingerprint density at radius 2 is 1.85 bits per heavy atom. The minimum Gasteiger partial charge on any atom is -0.618 e. The smallest absolute Gasteiger partial charge is 0.276 e. The first kappa shape index (κ1) is 22.2. The number of H-pyrrole nitrogens is 1. The second kappa shape index (κ2) is 8.63. The van der Waals surface area contributed by atoms with E-state index in [4.69, 9.17) is 11.6 Å². The summed E-state index contributed by atoms with van der Waals surface area (Å²) in [5.74, 6) is -0.363. The minimum atomic E-state index is -3.87. The van der Waals surface area contributed by atoms with E-state index in [1.165, 1.54) is 21.5 Å². The molecule has 1 saturated heterocycles. The summed E-state index contributed by atoms with van der Waals surface area (Å²) in [6, 6.07) is 12.9. The summed E-state index contributed by atoms with van der Waals surface area (Å²) in [4.78, 5) is 21.3. The molecule has 5 rings (SSSR count). The number of carbonyl (C=O) groups is 1. The number of pyridine rings is 1. The van der Waals surface area contributed by atoms with Gasteiger partial charge in [0.05, 0.1) is 11.0 Å². The van der Waals surface area contributed by atoms with Crippen molar-refractivity contribution in [3.05, 3.63) is 70.7 Å². The molecular formula is C21H18ClN7O4S. The highest BCUT2D eigenvalue weighted by atomic mass is 35.5. The van der Waals surface area contributed by atoms with Crippen molar-refractivity contribution in [1.82, 2.24) is 29.4 Å². The molecule has 1 N–H and O–H groups in total. The van der Waals surface area contributed by atoms with Crippen LogP contribution in [0.1, 0.15) is 10.5 Å². The van der Waals surface area contributed by atoms with Crippen molar-refractivity contribution in [2.24, 2.45) is 0 Å². The molecule has 1 fully saturated rings. The minimum absolute atomic E-state index is 0.109. The first-order valence-electron chi connectivity index (χ1n) is 10.3. The number of benzene rings is 1. The lowest BCUT2D eigenvalue weighted by atomic mass is 10.2. The van der Waals surface area contributed by atoms with E-state index in [0.29, 0.717) is 32.2 Å². The number of hydrogen-bond acceptors (Lipinski definition) is 7. The Morgan fingerprint density at radius 1 is 1.06 bits per heavy atom. The van der Waals surface area contributed by atoms with Gasteiger partial charge in [-0.25, -0.2) is 13.4 Å². The predicted molar refractivity (Wildman–Crippen MR) is 122 cm³/mol. The number of imidazole rings is 1. The lowest BCUT2D eigenvalue weighted by molar-refractivity contribution is -0.593. The number of carbonyl (C=O) groups excluding carboxylic acids is 1. The molecule has 4 aromatic rings. The van der Waals surface area contributed by atoms with Gasteiger partial charge in [-0.05, 0) is 36.4 Å². The van der Waals surface area contributed by atoms with Gasteiger partial charge in [0, 0.05) is 43.3 Å². The SMILES string of the molecule is O=C(c1ccc(-c2cccc[n+]2[O-])nn1)N1CCN(S(=O)(=O)c2nc3ccc(Cl)cc3[nH]2)CC1. The van der Waals surface area contributed by atoms with Crippen LogP contribution in [0.3, 0.4) is 0 Å². The van der Waals surface area contributed by atoms with Gasteiger partial charge in [-0.3, -0.25) is 4.79 Å². The summed E-state index contributed by atoms with van der Waals surface area (Å²) >= 11 is 5.96. The van der Waals surface area contributed by atoms with Crippen molar-refractivity contribution >= 4 is 38.6 Å². The molecule has 1 aliphatic rings. The van der Waals surface area contributed by atoms with E-state index < -0.39 is 10.0 Å². The fourth-order valence-corrected chi connectivity index (χ4v) is 5.22. The summed E-state index contributed by atoms with van der Waals surface area (Å²) in [5, 5.41) is 20.1. The first-order valence-corrected chi connectivity index (χ1v) is 12.1. The van der Waals surface area contributed by atoms with E-state index in [1.807, 2.05) is 0 Å². The predicted octanol–water partition coefficient (Wildman–Crippen LogP) is 1.45. The zero-order valence-electron chi connectivity index (χ0n) is 17.6. The number of nitrogens with zero attached hydrogens (tertiary/aromatic N) is 6. The van der Waals surface area contributed by atoms with Crippen LogP contribution in [0, 0.1) is 5.21 Å². The maximum absolute atomic E-state index is 13.0. The molecule has 0 spiro atoms. The topological polar surface area (TPSA) is 139 Å². The van der Waals surface area contributed by atoms with Gasteiger partial charge < -0.3 is 15.1 Å². The number of nitrogens with one attached hydrogen (secondary N) is 1. The number of amides is 1. The Labute approximate surface area is 199 Å². The summed E-state index contributed by atoms with van der Waals surface area (Å²) in [5.41, 5.74) is 1.80. The van der Waals surface area contributed by atoms with Crippen molar-refractivity contribution < 1.29 is 17.9 Å². The molecule has 174 valence electrons. The van der Waals surface area contributed by atoms with Gasteiger partial charge in [0.15, 0.2) is 17.6 Å². The molecule has 1 aromatic carbocycles. The lowest BCUT2D eigenvalue weighted by Gasteiger charge is -2.33. The van der Waals surface area contributed by atoms with Gasteiger partial charge >= 0.3 is 0 Å². The fraction of sp³-hybridized carbons (Fsp3) is 0.190. The molecule has 0 bridgehead atoms. The van der Waals surface area contributed by atoms with Crippen molar-refractivity contribution in [3.63, 3.8) is 0 Å². The van der Waals surface area contributed by atoms with E-state index in [0.717, 1.165) is 0 Å². The lowest BCUT2D eigenvalue weighted by Crippen LogP contribution is -2.50. The Balaban J connectivity index is 1.27. The maximum Gasteiger partial charge on any atom is 0.276 e. The maximum atomic E-state index is 13.0. The molecule has 3 aromatic heterocycles. The third-order valence-electron chi connectivity index (χ3n) is 5.50. The molecule has 0 radical (unpaired) electrons. The zero-order valence-corrected chi connectivity index (χ0v) is 19.2. The number of halogens is 1. The highest BCUT2D eigenvalue weighted by Gasteiger charge is 2.33. The number of aromatic amines is 1. The number of piperazine rings is 1. The van der Waals surface area contributed by atoms with Crippen molar-refractivity contribution in [1.29, 1.82) is 0 Å². The number of hydrogen-bond donors (Lipinski definition) is 1. The third kappa shape index (κ3) is 4.06. The van der Waals surface area contributed by atoms with Crippen molar-refractivity contribution in [3.8, 4) is 11.4 Å². The van der Waals surface area contributed by atoms with Crippen LogP contribution in [0.5, 0.6) is 0 Å². The van der Waals surface area contributed by atoms with Gasteiger partial charge in [-0.15, -0.1) is 10.2 Å². The molecule has 0 saturated carbocycles. The molecule has 4 heterocycles. The molecule has 34 heavy (non-hydrogen) atoms. The molecular weight excluding hydrogens is 482 g/mol. The highest BCUT2D eigenvalue weighted by Crippen LogP contribution is 2.22. The average molecular weight is 500 g/mol. The second-order valence-corrected chi connectivity index (χ2v) is 9.90. The summed E-state index contributed by atoms with van der Waals surface area (Å²) in [6.07, 6.45) is 1.35. The van der Waals surface area contributed by atoms with E-state index >= 15 is 0 Å². The van der Waals surface area contributed by atoms with E-state index in [1.54, 1.807) is 42.5 Å². The van der Waals surface area contributed by atoms with Crippen LogP contribution in [0.4, 0.5) is 0 Å². The Morgan fingerprint density at radius 3 is 2.56 bits per heavy atom. The van der Waals surface area contributed by atoms with Crippen LogP contribution in [0.15, 0.2) is 59.9 Å². The molecule has 0 aliphatic carbocycles. The monoisotopic (exact) mass is 499 g/mol. The van der Waals surface area contributed by atoms with Gasteiger partial charge in [-0.2, -0.15) is 9.04 Å². The number of rotatable bonds is 4. The molecule has 11 nitrogen and oxygen atoms in total. The number of aromatic nitrogens is 5. The highest BCUT2D eigenvalue weighted by molar-refractivity contribution is 7.89. The quantitative estimate of drug-likeness (QED) is 0.331. The average Bonchev–Trinajstić information content (AvgIpc) is 3.28. The van der Waals surface area contributed by atoms with Gasteiger partial charge in [0.1, 0.15) is 0 Å². The molecule has 13 heteroatoms. The van der Waals surface area contributed by atoms with Gasteiger partial charge in [-0.1, -0.05) is 11.6 Å². The third-order valence-corrected chi connectivity index (χ3v) is 7.46. The molecule has 0 atom stereocenters. The van der Waals surface area contributed by atoms with E-state index in [9.17, 15) is 18.4 Å². The summed E-state index contributed by atoms with van der Waals surface area (Å²) in [6.45, 7) is 0.592. The van der Waals surface area contributed by atoms with Crippen LogP contribution in [-0.2, 0) is 10.0 Å². The van der Waals surface area contributed by atoms with Crippen LogP contribution in [0.2, 0.25) is 5.02 Å². The zero-order chi connectivity index (χ0) is 23.9. The van der Waals surface area contributed by atoms with E-state index in [2.05, 4.69) is 20.2 Å². The standard InChI is InChI=1S/C21H18ClN7O4S/c22-14-4-5-15-18(13-14)24-21(23-15)34(32,33)28-11-9-27(10-12-28)20(30)17-7-6-16(25-26-17)19-3-1-2-8-29(19)31/h1-8,13H,9-12H2,(H,23,24). The van der Waals surface area contributed by atoms with E-state index in [-0.39, 0.29) is 42.9 Å². The molecule has 1 amide bonds. The Bertz CT molecular complexity index is 1480. The van der Waals surface area contributed by atoms with Crippen LogP contribution in [-0.4, -0.2) is 69.9 Å². The normalized spacial score (nSPS) is 15.0. The van der Waals surface area contributed by atoms with Crippen LogP contribution >= 0.6 is 11.6 Å². The molecule has 1 aliphatic heterocycles. The second-order valence-electron chi connectivity index (χ2n) is 7.62. The number of fused-ring (bicyclic) bond motifs is 1. The van der Waals surface area contributed by atoms with Crippen LogP contribution in [0.25, 0.3) is 22.4 Å². The Hall–Kier alpha value is -3.61. The largest absolute Gasteiger partial charge is 0.618 e.